The van der Waals surface area contributed by atoms with Crippen LogP contribution in [-0.2, 0) is 14.8 Å². The number of hydrogen-bond donors (Lipinski definition) is 1. The second-order valence-corrected chi connectivity index (χ2v) is 9.29. The standard InChI is InChI=1S/C25H27FN2O5S/c1-4-33-21-13-11-20(12-14-21)28(34(30,31)22-15-9-19(26)10-16-22)17-25(29)27-18(2)23-7-5-6-8-24(23)32-3/h5-16,18H,4,17H2,1-3H3,(H,27,29)/t18-/m0/s1. The maximum Gasteiger partial charge on any atom is 0.264 e. The molecule has 0 heterocycles. The fourth-order valence-electron chi connectivity index (χ4n) is 3.44. The first-order valence-electron chi connectivity index (χ1n) is 10.7. The molecular weight excluding hydrogens is 459 g/mol. The van der Waals surface area contributed by atoms with Crippen molar-refractivity contribution in [3.05, 3.63) is 84.2 Å². The molecule has 1 atom stereocenters. The van der Waals surface area contributed by atoms with E-state index in [4.69, 9.17) is 9.47 Å². The van der Waals surface area contributed by atoms with Crippen molar-refractivity contribution in [1.82, 2.24) is 5.32 Å². The minimum Gasteiger partial charge on any atom is -0.496 e. The Bertz CT molecular complexity index is 1210. The van der Waals surface area contributed by atoms with Crippen molar-refractivity contribution in [3.8, 4) is 11.5 Å². The number of carbonyl (C=O) groups excluding carboxylic acids is 1. The quantitative estimate of drug-likeness (QED) is 0.462. The molecule has 3 rings (SSSR count). The molecule has 1 amide bonds. The SMILES string of the molecule is CCOc1ccc(N(CC(=O)N[C@@H](C)c2ccccc2OC)S(=O)(=O)c2ccc(F)cc2)cc1. The van der Waals surface area contributed by atoms with Crippen LogP contribution in [0, 0.1) is 5.82 Å². The van der Waals surface area contributed by atoms with Gasteiger partial charge >= 0.3 is 0 Å². The normalized spacial score (nSPS) is 12.0. The molecule has 0 radical (unpaired) electrons. The van der Waals surface area contributed by atoms with Gasteiger partial charge in [0.05, 0.1) is 30.3 Å². The van der Waals surface area contributed by atoms with Crippen molar-refractivity contribution < 1.29 is 27.1 Å². The van der Waals surface area contributed by atoms with Gasteiger partial charge in [-0.25, -0.2) is 12.8 Å². The Balaban J connectivity index is 1.90. The number of amides is 1. The predicted molar refractivity (Wildman–Crippen MR) is 128 cm³/mol. The van der Waals surface area contributed by atoms with Gasteiger partial charge in [0.25, 0.3) is 10.0 Å². The van der Waals surface area contributed by atoms with Crippen LogP contribution in [0.3, 0.4) is 0 Å². The summed E-state index contributed by atoms with van der Waals surface area (Å²) in [5, 5.41) is 2.83. The summed E-state index contributed by atoms with van der Waals surface area (Å²) in [6.45, 7) is 3.60. The third-order valence-corrected chi connectivity index (χ3v) is 6.90. The minimum atomic E-state index is -4.16. The monoisotopic (exact) mass is 486 g/mol. The molecule has 0 aliphatic rings. The number of carbonyl (C=O) groups is 1. The van der Waals surface area contributed by atoms with E-state index in [1.54, 1.807) is 37.3 Å². The van der Waals surface area contributed by atoms with Crippen molar-refractivity contribution in [2.24, 2.45) is 0 Å². The summed E-state index contributed by atoms with van der Waals surface area (Å²) in [5.74, 6) is 0.102. The van der Waals surface area contributed by atoms with Gasteiger partial charge in [-0.3, -0.25) is 9.10 Å². The van der Waals surface area contributed by atoms with Crippen LogP contribution in [0.15, 0.2) is 77.7 Å². The lowest BCUT2D eigenvalue weighted by atomic mass is 10.1. The molecule has 0 fully saturated rings. The molecule has 1 N–H and O–H groups in total. The van der Waals surface area contributed by atoms with Gasteiger partial charge in [0.15, 0.2) is 0 Å². The second-order valence-electron chi connectivity index (χ2n) is 7.42. The smallest absolute Gasteiger partial charge is 0.264 e. The van der Waals surface area contributed by atoms with Crippen LogP contribution in [0.1, 0.15) is 25.5 Å². The van der Waals surface area contributed by atoms with Gasteiger partial charge in [0.1, 0.15) is 23.9 Å². The summed E-state index contributed by atoms with van der Waals surface area (Å²) >= 11 is 0. The highest BCUT2D eigenvalue weighted by Crippen LogP contribution is 2.27. The average Bonchev–Trinajstić information content (AvgIpc) is 2.83. The van der Waals surface area contributed by atoms with Gasteiger partial charge in [0, 0.05) is 5.56 Å². The van der Waals surface area contributed by atoms with Crippen molar-refractivity contribution in [2.45, 2.75) is 24.8 Å². The number of rotatable bonds is 10. The Morgan fingerprint density at radius 2 is 1.68 bits per heavy atom. The van der Waals surface area contributed by atoms with E-state index in [0.29, 0.717) is 18.1 Å². The number of anilines is 1. The zero-order chi connectivity index (χ0) is 24.7. The number of benzene rings is 3. The highest BCUT2D eigenvalue weighted by Gasteiger charge is 2.28. The fraction of sp³-hybridized carbons (Fsp3) is 0.240. The first-order chi connectivity index (χ1) is 16.3. The number of nitrogens with zero attached hydrogens (tertiary/aromatic N) is 1. The van der Waals surface area contributed by atoms with Crippen molar-refractivity contribution >= 4 is 21.6 Å². The average molecular weight is 487 g/mol. The van der Waals surface area contributed by atoms with Gasteiger partial charge in [-0.15, -0.1) is 0 Å². The summed E-state index contributed by atoms with van der Waals surface area (Å²) in [5.41, 5.74) is 1.03. The lowest BCUT2D eigenvalue weighted by molar-refractivity contribution is -0.120. The van der Waals surface area contributed by atoms with Gasteiger partial charge < -0.3 is 14.8 Å². The van der Waals surface area contributed by atoms with E-state index in [0.717, 1.165) is 22.0 Å². The van der Waals surface area contributed by atoms with Crippen molar-refractivity contribution in [1.29, 1.82) is 0 Å². The zero-order valence-electron chi connectivity index (χ0n) is 19.2. The van der Waals surface area contributed by atoms with E-state index < -0.39 is 34.3 Å². The third kappa shape index (κ3) is 5.85. The second kappa shape index (κ2) is 11.0. The Morgan fingerprint density at radius 3 is 2.29 bits per heavy atom. The molecule has 180 valence electrons. The number of halogens is 1. The molecule has 0 aliphatic heterocycles. The molecule has 7 nitrogen and oxygen atoms in total. The Morgan fingerprint density at radius 1 is 1.03 bits per heavy atom. The van der Waals surface area contributed by atoms with Gasteiger partial charge in [-0.1, -0.05) is 18.2 Å². The molecule has 9 heteroatoms. The predicted octanol–water partition coefficient (Wildman–Crippen LogP) is 4.31. The van der Waals surface area contributed by atoms with E-state index in [1.807, 2.05) is 25.1 Å². The number of ether oxygens (including phenoxy) is 2. The number of methoxy groups -OCH3 is 1. The van der Waals surface area contributed by atoms with Crippen LogP contribution in [0.2, 0.25) is 0 Å². The van der Waals surface area contributed by atoms with E-state index in [9.17, 15) is 17.6 Å². The van der Waals surface area contributed by atoms with Crippen LogP contribution >= 0.6 is 0 Å². The molecule has 0 aliphatic carbocycles. The number of para-hydroxylation sites is 1. The van der Waals surface area contributed by atoms with Gasteiger partial charge in [-0.05, 0) is 68.4 Å². The van der Waals surface area contributed by atoms with Crippen LogP contribution in [0.25, 0.3) is 0 Å². The van der Waals surface area contributed by atoms with Gasteiger partial charge in [0.2, 0.25) is 5.91 Å². The largest absolute Gasteiger partial charge is 0.496 e. The van der Waals surface area contributed by atoms with E-state index in [2.05, 4.69) is 5.32 Å². The highest BCUT2D eigenvalue weighted by atomic mass is 32.2. The maximum atomic E-state index is 13.4. The lowest BCUT2D eigenvalue weighted by Gasteiger charge is -2.25. The Hall–Kier alpha value is -3.59. The first kappa shape index (κ1) is 25.0. The van der Waals surface area contributed by atoms with E-state index in [-0.39, 0.29) is 10.6 Å². The van der Waals surface area contributed by atoms with Crippen LogP contribution < -0.4 is 19.1 Å². The molecule has 0 saturated carbocycles. The molecule has 3 aromatic carbocycles. The fourth-order valence-corrected chi connectivity index (χ4v) is 4.86. The Kier molecular flexibility index (Phi) is 8.12. The Labute approximate surface area is 199 Å². The molecular formula is C25H27FN2O5S. The topological polar surface area (TPSA) is 84.9 Å². The molecule has 0 spiro atoms. The molecule has 34 heavy (non-hydrogen) atoms. The first-order valence-corrected chi connectivity index (χ1v) is 12.1. The summed E-state index contributed by atoms with van der Waals surface area (Å²) in [6.07, 6.45) is 0. The third-order valence-electron chi connectivity index (χ3n) is 5.11. The maximum absolute atomic E-state index is 13.4. The molecule has 0 bridgehead atoms. The highest BCUT2D eigenvalue weighted by molar-refractivity contribution is 7.92. The van der Waals surface area contributed by atoms with Crippen molar-refractivity contribution in [3.63, 3.8) is 0 Å². The van der Waals surface area contributed by atoms with E-state index >= 15 is 0 Å². The summed E-state index contributed by atoms with van der Waals surface area (Å²) in [7, 11) is -2.63. The van der Waals surface area contributed by atoms with Crippen LogP contribution in [0.4, 0.5) is 10.1 Å². The van der Waals surface area contributed by atoms with E-state index in [1.165, 1.54) is 19.2 Å². The summed E-state index contributed by atoms with van der Waals surface area (Å²) in [6, 6.07) is 17.6. The van der Waals surface area contributed by atoms with Gasteiger partial charge in [-0.2, -0.15) is 0 Å². The van der Waals surface area contributed by atoms with Crippen molar-refractivity contribution in [2.75, 3.05) is 24.6 Å². The zero-order valence-corrected chi connectivity index (χ0v) is 20.0. The molecule has 0 aromatic heterocycles. The van der Waals surface area contributed by atoms with Crippen LogP contribution in [0.5, 0.6) is 11.5 Å². The number of hydrogen-bond acceptors (Lipinski definition) is 5. The lowest BCUT2D eigenvalue weighted by Crippen LogP contribution is -2.41. The molecule has 0 saturated heterocycles. The summed E-state index contributed by atoms with van der Waals surface area (Å²) in [4.78, 5) is 12.8. The number of nitrogens with one attached hydrogen (secondary N) is 1. The minimum absolute atomic E-state index is 0.131. The summed E-state index contributed by atoms with van der Waals surface area (Å²) < 4.78 is 52.0. The molecule has 3 aromatic rings. The number of sulfonamides is 1. The van der Waals surface area contributed by atoms with Crippen LogP contribution in [-0.4, -0.2) is 34.6 Å². The molecule has 0 unspecified atom stereocenters.